The average molecular weight is 401 g/mol. The molecule has 1 aliphatic rings. The van der Waals surface area contributed by atoms with Crippen molar-refractivity contribution in [3.8, 4) is 11.5 Å². The molecule has 0 spiro atoms. The van der Waals surface area contributed by atoms with Gasteiger partial charge in [-0.2, -0.15) is 5.10 Å². The highest BCUT2D eigenvalue weighted by molar-refractivity contribution is 5.84. The van der Waals surface area contributed by atoms with Gasteiger partial charge >= 0.3 is 0 Å². The number of amides is 2. The Morgan fingerprint density at radius 1 is 1.28 bits per heavy atom. The molecule has 1 aromatic heterocycles. The molecule has 1 aromatic carbocycles. The Morgan fingerprint density at radius 3 is 2.97 bits per heavy atom. The number of ether oxygens (including phenoxy) is 2. The van der Waals surface area contributed by atoms with Gasteiger partial charge in [-0.1, -0.05) is 12.1 Å². The number of benzene rings is 1. The van der Waals surface area contributed by atoms with Crippen LogP contribution in [0, 0.1) is 0 Å². The number of para-hydroxylation sites is 1. The van der Waals surface area contributed by atoms with Crippen molar-refractivity contribution < 1.29 is 19.1 Å². The van der Waals surface area contributed by atoms with Crippen molar-refractivity contribution in [1.29, 1.82) is 0 Å². The van der Waals surface area contributed by atoms with Crippen molar-refractivity contribution in [1.82, 2.24) is 25.0 Å². The molecule has 0 unspecified atom stereocenters. The molecule has 0 radical (unpaired) electrons. The number of rotatable bonds is 4. The van der Waals surface area contributed by atoms with E-state index in [1.807, 2.05) is 25.1 Å². The van der Waals surface area contributed by atoms with Gasteiger partial charge in [0.25, 0.3) is 0 Å². The maximum Gasteiger partial charge on any atom is 0.245 e. The van der Waals surface area contributed by atoms with E-state index in [0.29, 0.717) is 31.3 Å². The summed E-state index contributed by atoms with van der Waals surface area (Å²) in [6.07, 6.45) is 5.54. The molecule has 0 fully saturated rings. The van der Waals surface area contributed by atoms with Crippen LogP contribution in [-0.4, -0.2) is 57.8 Å². The van der Waals surface area contributed by atoms with Gasteiger partial charge < -0.3 is 19.7 Å². The van der Waals surface area contributed by atoms with Crippen LogP contribution in [-0.2, 0) is 22.7 Å². The Morgan fingerprint density at radius 2 is 2.17 bits per heavy atom. The molecule has 3 rings (SSSR count). The van der Waals surface area contributed by atoms with Gasteiger partial charge in [-0.3, -0.25) is 9.59 Å². The minimum atomic E-state index is -0.228. The lowest BCUT2D eigenvalue weighted by Crippen LogP contribution is -2.42. The van der Waals surface area contributed by atoms with Crippen molar-refractivity contribution >= 4 is 11.8 Å². The Bertz CT molecular complexity index is 809. The molecule has 1 aliphatic heterocycles. The first-order chi connectivity index (χ1) is 14.2. The number of carbonyl (C=O) groups excluding carboxylic acids is 2. The summed E-state index contributed by atoms with van der Waals surface area (Å²) >= 11 is 0. The molecule has 156 valence electrons. The molecule has 0 bridgehead atoms. The zero-order chi connectivity index (χ0) is 20.5. The van der Waals surface area contributed by atoms with Gasteiger partial charge in [-0.25, -0.2) is 9.67 Å². The van der Waals surface area contributed by atoms with Gasteiger partial charge in [0.15, 0.2) is 11.5 Å². The van der Waals surface area contributed by atoms with Gasteiger partial charge in [0.2, 0.25) is 11.8 Å². The van der Waals surface area contributed by atoms with Gasteiger partial charge in [0.1, 0.15) is 19.2 Å². The van der Waals surface area contributed by atoms with Crippen LogP contribution >= 0.6 is 0 Å². The lowest BCUT2D eigenvalue weighted by atomic mass is 10.1. The first-order valence-electron chi connectivity index (χ1n) is 9.91. The molecule has 1 N–H and O–H groups in total. The Kier molecular flexibility index (Phi) is 7.43. The van der Waals surface area contributed by atoms with E-state index in [1.54, 1.807) is 0 Å². The number of fused-ring (bicyclic) bond motifs is 1. The number of nitrogens with zero attached hydrogens (tertiary/aromatic N) is 4. The predicted molar refractivity (Wildman–Crippen MR) is 105 cm³/mol. The van der Waals surface area contributed by atoms with Gasteiger partial charge in [0.05, 0.1) is 26.3 Å². The third-order valence-corrected chi connectivity index (χ3v) is 4.56. The number of aromatic nitrogens is 3. The molecule has 0 saturated carbocycles. The average Bonchev–Trinajstić information content (AvgIpc) is 3.21. The van der Waals surface area contributed by atoms with Crippen LogP contribution in [0.2, 0.25) is 0 Å². The van der Waals surface area contributed by atoms with Crippen LogP contribution in [0.5, 0.6) is 11.5 Å². The highest BCUT2D eigenvalue weighted by atomic mass is 16.5. The zero-order valence-electron chi connectivity index (χ0n) is 16.7. The van der Waals surface area contributed by atoms with Crippen molar-refractivity contribution in [2.75, 3.05) is 26.3 Å². The van der Waals surface area contributed by atoms with Crippen LogP contribution in [0.1, 0.15) is 31.7 Å². The largest absolute Gasteiger partial charge is 0.490 e. The summed E-state index contributed by atoms with van der Waals surface area (Å²) in [5.41, 5.74) is 0.801. The van der Waals surface area contributed by atoms with Crippen LogP contribution in [0.25, 0.3) is 0 Å². The summed E-state index contributed by atoms with van der Waals surface area (Å²) in [4.78, 5) is 30.7. The van der Waals surface area contributed by atoms with Gasteiger partial charge in [0, 0.05) is 12.1 Å². The lowest BCUT2D eigenvalue weighted by molar-refractivity contribution is -0.137. The fraction of sp³-hybridized carbons (Fsp3) is 0.500. The number of carbonyl (C=O) groups is 2. The summed E-state index contributed by atoms with van der Waals surface area (Å²) in [7, 11) is 0. The number of hydrogen-bond acceptors (Lipinski definition) is 6. The maximum absolute atomic E-state index is 12.9. The molecule has 2 aromatic rings. The SMILES string of the molecule is CCOc1cccc2c1OCCCCCNC(=O)CN(C(=O)Cn1cncn1)C2. The standard InChI is InChI=1S/C20H27N5O4/c1-2-28-17-8-6-7-16-11-24(19(27)13-25-15-21-14-23-25)12-18(26)22-9-4-3-5-10-29-20(16)17/h6-8,14-15H,2-5,9-13H2,1H3,(H,22,26). The Balaban J connectivity index is 1.87. The minimum absolute atomic E-state index is 0.00855. The van der Waals surface area contributed by atoms with E-state index in [2.05, 4.69) is 15.4 Å². The van der Waals surface area contributed by atoms with Crippen molar-refractivity contribution in [3.05, 3.63) is 36.4 Å². The van der Waals surface area contributed by atoms with Crippen LogP contribution < -0.4 is 14.8 Å². The van der Waals surface area contributed by atoms with E-state index >= 15 is 0 Å². The van der Waals surface area contributed by atoms with Gasteiger partial charge in [-0.05, 0) is 32.3 Å². The van der Waals surface area contributed by atoms with Gasteiger partial charge in [-0.15, -0.1) is 0 Å². The molecule has 2 amide bonds. The first-order valence-corrected chi connectivity index (χ1v) is 9.91. The predicted octanol–water partition coefficient (Wildman–Crippen LogP) is 1.38. The molecule has 0 saturated heterocycles. The van der Waals surface area contributed by atoms with Crippen LogP contribution in [0.3, 0.4) is 0 Å². The lowest BCUT2D eigenvalue weighted by Gasteiger charge is -2.24. The fourth-order valence-electron chi connectivity index (χ4n) is 3.14. The van der Waals surface area contributed by atoms with Crippen molar-refractivity contribution in [2.24, 2.45) is 0 Å². The summed E-state index contributed by atoms with van der Waals surface area (Å²) in [6.45, 7) is 3.77. The Labute approximate surface area is 170 Å². The summed E-state index contributed by atoms with van der Waals surface area (Å²) in [5.74, 6) is 0.869. The maximum atomic E-state index is 12.9. The topological polar surface area (TPSA) is 98.6 Å². The van der Waals surface area contributed by atoms with E-state index in [0.717, 1.165) is 24.8 Å². The van der Waals surface area contributed by atoms with E-state index in [9.17, 15) is 9.59 Å². The highest BCUT2D eigenvalue weighted by Gasteiger charge is 2.22. The molecular weight excluding hydrogens is 374 g/mol. The van der Waals surface area contributed by atoms with Crippen LogP contribution in [0.15, 0.2) is 30.9 Å². The molecular formula is C20H27N5O4. The van der Waals surface area contributed by atoms with E-state index in [1.165, 1.54) is 22.2 Å². The molecule has 29 heavy (non-hydrogen) atoms. The molecule has 9 nitrogen and oxygen atoms in total. The summed E-state index contributed by atoms with van der Waals surface area (Å²) in [5, 5.41) is 6.87. The monoisotopic (exact) mass is 401 g/mol. The normalized spacial score (nSPS) is 15.8. The van der Waals surface area contributed by atoms with E-state index in [4.69, 9.17) is 9.47 Å². The molecule has 0 atom stereocenters. The van der Waals surface area contributed by atoms with Crippen molar-refractivity contribution in [2.45, 2.75) is 39.3 Å². The molecule has 0 aliphatic carbocycles. The Hall–Kier alpha value is -3.10. The second kappa shape index (κ2) is 10.4. The summed E-state index contributed by atoms with van der Waals surface area (Å²) < 4.78 is 13.2. The molecule has 2 heterocycles. The third kappa shape index (κ3) is 5.94. The molecule has 9 heteroatoms. The highest BCUT2D eigenvalue weighted by Crippen LogP contribution is 2.32. The minimum Gasteiger partial charge on any atom is -0.490 e. The van der Waals surface area contributed by atoms with Crippen LogP contribution in [0.4, 0.5) is 0 Å². The smallest absolute Gasteiger partial charge is 0.245 e. The zero-order valence-corrected chi connectivity index (χ0v) is 16.7. The second-order valence-corrected chi connectivity index (χ2v) is 6.78. The number of nitrogens with one attached hydrogen (secondary N) is 1. The van der Waals surface area contributed by atoms with Crippen molar-refractivity contribution in [3.63, 3.8) is 0 Å². The summed E-state index contributed by atoms with van der Waals surface area (Å²) in [6, 6.07) is 5.62. The number of hydrogen-bond donors (Lipinski definition) is 1. The first kappa shape index (κ1) is 20.6. The third-order valence-electron chi connectivity index (χ3n) is 4.56. The quantitative estimate of drug-likeness (QED) is 0.831. The second-order valence-electron chi connectivity index (χ2n) is 6.78. The van der Waals surface area contributed by atoms with E-state index < -0.39 is 0 Å². The fourth-order valence-corrected chi connectivity index (χ4v) is 3.14. The van der Waals surface area contributed by atoms with E-state index in [-0.39, 0.29) is 31.4 Å².